The molecule has 1 fully saturated rings. The molecule has 0 radical (unpaired) electrons. The van der Waals surface area contributed by atoms with Crippen LogP contribution >= 0.6 is 0 Å². The molecule has 0 spiro atoms. The molecule has 1 aliphatic rings. The van der Waals surface area contributed by atoms with Crippen molar-refractivity contribution in [1.29, 1.82) is 0 Å². The fourth-order valence-electron chi connectivity index (χ4n) is 2.00. The van der Waals surface area contributed by atoms with Crippen molar-refractivity contribution in [3.8, 4) is 0 Å². The SMILES string of the molecule is COC(=O)[C@H]1CN(C(=O)OC(C)(C)C)C[C@@H]1C(F)(F)F. The summed E-state index contributed by atoms with van der Waals surface area (Å²) in [7, 11) is 1.02. The number of nitrogens with zero attached hydrogens (tertiary/aromatic N) is 1. The van der Waals surface area contributed by atoms with Gasteiger partial charge in [-0.05, 0) is 20.8 Å². The standard InChI is InChI=1S/C12H18F3NO4/c1-11(2,3)20-10(18)16-5-7(9(17)19-4)8(6-16)12(13,14)15/h7-8H,5-6H2,1-4H3/t7-,8-/m0/s1. The molecule has 8 heteroatoms. The van der Waals surface area contributed by atoms with Crippen LogP contribution in [0.2, 0.25) is 0 Å². The van der Waals surface area contributed by atoms with Gasteiger partial charge in [-0.2, -0.15) is 13.2 Å². The number of carbonyl (C=O) groups is 2. The number of halogens is 3. The highest BCUT2D eigenvalue weighted by molar-refractivity contribution is 5.76. The zero-order chi connectivity index (χ0) is 15.7. The Morgan fingerprint density at radius 2 is 1.70 bits per heavy atom. The molecule has 2 atom stereocenters. The molecule has 1 rings (SSSR count). The normalized spacial score (nSPS) is 23.6. The minimum atomic E-state index is -4.57. The fourth-order valence-corrected chi connectivity index (χ4v) is 2.00. The van der Waals surface area contributed by atoms with Crippen molar-refractivity contribution < 1.29 is 32.2 Å². The van der Waals surface area contributed by atoms with E-state index in [-0.39, 0.29) is 6.54 Å². The molecule has 0 aliphatic carbocycles. The Kier molecular flexibility index (Phi) is 4.55. The molecular weight excluding hydrogens is 279 g/mol. The minimum absolute atomic E-state index is 0.355. The van der Waals surface area contributed by atoms with Gasteiger partial charge in [0.15, 0.2) is 0 Å². The fraction of sp³-hybridized carbons (Fsp3) is 0.833. The summed E-state index contributed by atoms with van der Waals surface area (Å²) in [4.78, 5) is 24.1. The molecule has 0 aromatic carbocycles. The summed E-state index contributed by atoms with van der Waals surface area (Å²) in [5.41, 5.74) is -0.811. The lowest BCUT2D eigenvalue weighted by molar-refractivity contribution is -0.189. The third kappa shape index (κ3) is 4.01. The zero-order valence-corrected chi connectivity index (χ0v) is 11.8. The molecule has 1 amide bonds. The van der Waals surface area contributed by atoms with Gasteiger partial charge in [0, 0.05) is 13.1 Å². The molecule has 0 bridgehead atoms. The van der Waals surface area contributed by atoms with Crippen LogP contribution in [-0.2, 0) is 14.3 Å². The molecule has 0 N–H and O–H groups in total. The summed E-state index contributed by atoms with van der Waals surface area (Å²) in [5.74, 6) is -4.31. The first-order chi connectivity index (χ1) is 8.95. The monoisotopic (exact) mass is 297 g/mol. The third-order valence-corrected chi connectivity index (χ3v) is 2.90. The highest BCUT2D eigenvalue weighted by atomic mass is 19.4. The third-order valence-electron chi connectivity index (χ3n) is 2.90. The molecular formula is C12H18F3NO4. The van der Waals surface area contributed by atoms with E-state index in [1.165, 1.54) is 0 Å². The average Bonchev–Trinajstić information content (AvgIpc) is 2.70. The largest absolute Gasteiger partial charge is 0.469 e. The number of rotatable bonds is 1. The van der Waals surface area contributed by atoms with Crippen LogP contribution in [-0.4, -0.2) is 48.9 Å². The van der Waals surface area contributed by atoms with E-state index in [9.17, 15) is 22.8 Å². The van der Waals surface area contributed by atoms with Crippen molar-refractivity contribution in [2.75, 3.05) is 20.2 Å². The van der Waals surface area contributed by atoms with Crippen LogP contribution in [0, 0.1) is 11.8 Å². The van der Waals surface area contributed by atoms with Crippen molar-refractivity contribution in [2.45, 2.75) is 32.5 Å². The summed E-state index contributed by atoms with van der Waals surface area (Å²) in [6.45, 7) is 3.88. The Hall–Kier alpha value is -1.47. The number of ether oxygens (including phenoxy) is 2. The van der Waals surface area contributed by atoms with E-state index in [4.69, 9.17) is 4.74 Å². The predicted molar refractivity (Wildman–Crippen MR) is 62.9 cm³/mol. The molecule has 0 aromatic heterocycles. The molecule has 0 saturated carbocycles. The number of alkyl halides is 3. The maximum absolute atomic E-state index is 12.9. The minimum Gasteiger partial charge on any atom is -0.469 e. The highest BCUT2D eigenvalue weighted by Gasteiger charge is 2.54. The molecule has 1 saturated heterocycles. The van der Waals surface area contributed by atoms with Crippen molar-refractivity contribution in [3.05, 3.63) is 0 Å². The van der Waals surface area contributed by atoms with Gasteiger partial charge in [-0.15, -0.1) is 0 Å². The number of hydrogen-bond acceptors (Lipinski definition) is 4. The molecule has 0 unspecified atom stereocenters. The Morgan fingerprint density at radius 1 is 1.15 bits per heavy atom. The van der Waals surface area contributed by atoms with Gasteiger partial charge in [-0.3, -0.25) is 4.79 Å². The predicted octanol–water partition coefficient (Wildman–Crippen LogP) is 2.20. The van der Waals surface area contributed by atoms with Crippen molar-refractivity contribution in [2.24, 2.45) is 11.8 Å². The average molecular weight is 297 g/mol. The van der Waals surface area contributed by atoms with E-state index >= 15 is 0 Å². The highest BCUT2D eigenvalue weighted by Crippen LogP contribution is 2.38. The topological polar surface area (TPSA) is 55.8 Å². The van der Waals surface area contributed by atoms with E-state index in [0.29, 0.717) is 0 Å². The Balaban J connectivity index is 2.85. The Labute approximate surface area is 115 Å². The maximum atomic E-state index is 12.9. The summed E-state index contributed by atoms with van der Waals surface area (Å²) >= 11 is 0. The van der Waals surface area contributed by atoms with Crippen LogP contribution in [0.15, 0.2) is 0 Å². The second-order valence-electron chi connectivity index (χ2n) is 5.66. The number of amides is 1. The van der Waals surface area contributed by atoms with Gasteiger partial charge >= 0.3 is 18.2 Å². The van der Waals surface area contributed by atoms with Gasteiger partial charge in [0.1, 0.15) is 5.60 Å². The van der Waals surface area contributed by atoms with E-state index in [2.05, 4.69) is 4.74 Å². The van der Waals surface area contributed by atoms with Crippen LogP contribution in [0.25, 0.3) is 0 Å². The van der Waals surface area contributed by atoms with Crippen LogP contribution in [0.5, 0.6) is 0 Å². The van der Waals surface area contributed by atoms with Gasteiger partial charge in [0.05, 0.1) is 18.9 Å². The molecule has 20 heavy (non-hydrogen) atoms. The zero-order valence-electron chi connectivity index (χ0n) is 11.8. The first-order valence-corrected chi connectivity index (χ1v) is 6.08. The molecule has 116 valence electrons. The van der Waals surface area contributed by atoms with Crippen LogP contribution in [0.1, 0.15) is 20.8 Å². The Morgan fingerprint density at radius 3 is 2.10 bits per heavy atom. The van der Waals surface area contributed by atoms with E-state index in [0.717, 1.165) is 12.0 Å². The quantitative estimate of drug-likeness (QED) is 0.696. The van der Waals surface area contributed by atoms with Gasteiger partial charge in [0.25, 0.3) is 0 Å². The number of methoxy groups -OCH3 is 1. The number of carbonyl (C=O) groups excluding carboxylic acids is 2. The molecule has 0 aromatic rings. The lowest BCUT2D eigenvalue weighted by Crippen LogP contribution is -2.36. The summed E-state index contributed by atoms with van der Waals surface area (Å²) in [6, 6.07) is 0. The maximum Gasteiger partial charge on any atom is 0.410 e. The smallest absolute Gasteiger partial charge is 0.410 e. The number of likely N-dealkylation sites (tertiary alicyclic amines) is 1. The van der Waals surface area contributed by atoms with Crippen molar-refractivity contribution >= 4 is 12.1 Å². The molecule has 1 heterocycles. The van der Waals surface area contributed by atoms with Gasteiger partial charge in [-0.1, -0.05) is 0 Å². The van der Waals surface area contributed by atoms with E-state index < -0.39 is 42.2 Å². The summed E-state index contributed by atoms with van der Waals surface area (Å²) < 4.78 is 48.1. The van der Waals surface area contributed by atoms with E-state index in [1.54, 1.807) is 20.8 Å². The second kappa shape index (κ2) is 5.49. The Bertz CT molecular complexity index is 389. The van der Waals surface area contributed by atoms with Crippen LogP contribution in [0.3, 0.4) is 0 Å². The number of esters is 1. The van der Waals surface area contributed by atoms with E-state index in [1.807, 2.05) is 0 Å². The van der Waals surface area contributed by atoms with Gasteiger partial charge in [-0.25, -0.2) is 4.79 Å². The summed E-state index contributed by atoms with van der Waals surface area (Å²) in [6.07, 6.45) is -5.44. The first kappa shape index (κ1) is 16.6. The van der Waals surface area contributed by atoms with Crippen molar-refractivity contribution in [3.63, 3.8) is 0 Å². The van der Waals surface area contributed by atoms with Gasteiger partial charge in [0.2, 0.25) is 0 Å². The summed E-state index contributed by atoms with van der Waals surface area (Å²) in [5, 5.41) is 0. The van der Waals surface area contributed by atoms with Gasteiger partial charge < -0.3 is 14.4 Å². The second-order valence-corrected chi connectivity index (χ2v) is 5.66. The van der Waals surface area contributed by atoms with Crippen LogP contribution in [0.4, 0.5) is 18.0 Å². The molecule has 5 nitrogen and oxygen atoms in total. The lowest BCUT2D eigenvalue weighted by Gasteiger charge is -2.24. The van der Waals surface area contributed by atoms with Crippen molar-refractivity contribution in [1.82, 2.24) is 4.90 Å². The first-order valence-electron chi connectivity index (χ1n) is 6.08. The number of hydrogen-bond donors (Lipinski definition) is 0. The lowest BCUT2D eigenvalue weighted by atomic mass is 9.96. The van der Waals surface area contributed by atoms with Crippen LogP contribution < -0.4 is 0 Å². The molecule has 1 aliphatic heterocycles.